The minimum Gasteiger partial charge on any atom is -0.310 e. The zero-order chi connectivity index (χ0) is 13.7. The first-order chi connectivity index (χ1) is 9.19. The molecular weight excluding hydrogens is 344 g/mol. The molecule has 0 radical (unpaired) electrons. The normalized spacial score (nSPS) is 12.6. The molecule has 1 heterocycles. The molecule has 0 aliphatic rings. The molecule has 0 aliphatic carbocycles. The molecule has 19 heavy (non-hydrogen) atoms. The molecule has 0 spiro atoms. The lowest BCUT2D eigenvalue weighted by molar-refractivity contribution is 0.528. The molecule has 0 aliphatic heterocycles. The first kappa shape index (κ1) is 15.0. The molecule has 102 valence electrons. The molecular formula is C14H16BrClN2S. The van der Waals surface area contributed by atoms with Crippen molar-refractivity contribution in [2.45, 2.75) is 25.8 Å². The van der Waals surface area contributed by atoms with Gasteiger partial charge in [-0.2, -0.15) is 0 Å². The van der Waals surface area contributed by atoms with E-state index >= 15 is 0 Å². The van der Waals surface area contributed by atoms with Gasteiger partial charge in [-0.1, -0.05) is 34.5 Å². The van der Waals surface area contributed by atoms with Crippen LogP contribution in [0.2, 0.25) is 5.02 Å². The zero-order valence-electron chi connectivity index (χ0n) is 10.7. The maximum atomic E-state index is 6.14. The molecule has 0 saturated heterocycles. The summed E-state index contributed by atoms with van der Waals surface area (Å²) in [6, 6.07) is 6.30. The van der Waals surface area contributed by atoms with Crippen molar-refractivity contribution in [3.05, 3.63) is 49.8 Å². The van der Waals surface area contributed by atoms with E-state index in [0.29, 0.717) is 0 Å². The van der Waals surface area contributed by atoms with Crippen LogP contribution in [0.1, 0.15) is 30.0 Å². The van der Waals surface area contributed by atoms with E-state index in [1.807, 2.05) is 23.7 Å². The number of thiazole rings is 1. The Morgan fingerprint density at radius 1 is 1.42 bits per heavy atom. The van der Waals surface area contributed by atoms with Crippen LogP contribution in [0.5, 0.6) is 0 Å². The van der Waals surface area contributed by atoms with Crippen LogP contribution in [0.25, 0.3) is 0 Å². The number of nitrogens with zero attached hydrogens (tertiary/aromatic N) is 1. The topological polar surface area (TPSA) is 24.9 Å². The minimum absolute atomic E-state index is 0.251. The predicted octanol–water partition coefficient (Wildman–Crippen LogP) is 4.84. The van der Waals surface area contributed by atoms with Crippen molar-refractivity contribution in [2.75, 3.05) is 6.54 Å². The Morgan fingerprint density at radius 2 is 2.26 bits per heavy atom. The van der Waals surface area contributed by atoms with Gasteiger partial charge in [-0.15, -0.1) is 11.3 Å². The van der Waals surface area contributed by atoms with E-state index in [-0.39, 0.29) is 6.04 Å². The van der Waals surface area contributed by atoms with Gasteiger partial charge < -0.3 is 5.32 Å². The predicted molar refractivity (Wildman–Crippen MR) is 86.0 cm³/mol. The fraction of sp³-hybridized carbons (Fsp3) is 0.357. The lowest BCUT2D eigenvalue weighted by Crippen LogP contribution is -2.24. The molecule has 0 amide bonds. The number of rotatable bonds is 6. The smallest absolute Gasteiger partial charge is 0.0943 e. The van der Waals surface area contributed by atoms with Gasteiger partial charge in [-0.25, -0.2) is 4.98 Å². The Balaban J connectivity index is 2.20. The van der Waals surface area contributed by atoms with Crippen LogP contribution >= 0.6 is 38.9 Å². The maximum absolute atomic E-state index is 6.14. The molecule has 1 aromatic heterocycles. The highest BCUT2D eigenvalue weighted by molar-refractivity contribution is 9.10. The Hall–Kier alpha value is -0.420. The maximum Gasteiger partial charge on any atom is 0.0943 e. The first-order valence-electron chi connectivity index (χ1n) is 6.26. The summed E-state index contributed by atoms with van der Waals surface area (Å²) in [5.41, 5.74) is 1.20. The van der Waals surface area contributed by atoms with Gasteiger partial charge >= 0.3 is 0 Å². The van der Waals surface area contributed by atoms with Crippen molar-refractivity contribution < 1.29 is 0 Å². The molecule has 0 bridgehead atoms. The van der Waals surface area contributed by atoms with E-state index in [1.165, 1.54) is 5.56 Å². The fourth-order valence-electron chi connectivity index (χ4n) is 1.93. The fourth-order valence-corrected chi connectivity index (χ4v) is 3.48. The summed E-state index contributed by atoms with van der Waals surface area (Å²) in [4.78, 5) is 4.37. The molecule has 1 atom stereocenters. The average Bonchev–Trinajstić information content (AvgIpc) is 2.86. The van der Waals surface area contributed by atoms with Gasteiger partial charge in [-0.3, -0.25) is 0 Å². The molecule has 1 N–H and O–H groups in total. The first-order valence-corrected chi connectivity index (χ1v) is 8.32. The van der Waals surface area contributed by atoms with Crippen LogP contribution in [0.15, 0.2) is 34.2 Å². The van der Waals surface area contributed by atoms with Crippen molar-refractivity contribution in [1.82, 2.24) is 10.3 Å². The molecule has 1 aromatic carbocycles. The van der Waals surface area contributed by atoms with Crippen molar-refractivity contribution in [3.63, 3.8) is 0 Å². The van der Waals surface area contributed by atoms with Gasteiger partial charge in [0.15, 0.2) is 0 Å². The minimum atomic E-state index is 0.251. The second-order valence-corrected chi connectivity index (χ2v) is 6.67. The van der Waals surface area contributed by atoms with Crippen LogP contribution in [0.4, 0.5) is 0 Å². The summed E-state index contributed by atoms with van der Waals surface area (Å²) >= 11 is 11.3. The third-order valence-electron chi connectivity index (χ3n) is 2.79. The highest BCUT2D eigenvalue weighted by Gasteiger charge is 2.14. The van der Waals surface area contributed by atoms with E-state index in [9.17, 15) is 0 Å². The number of hydrogen-bond donors (Lipinski definition) is 1. The number of halogens is 2. The number of hydrogen-bond acceptors (Lipinski definition) is 3. The van der Waals surface area contributed by atoms with Crippen LogP contribution in [0.3, 0.4) is 0 Å². The monoisotopic (exact) mass is 358 g/mol. The van der Waals surface area contributed by atoms with Crippen LogP contribution in [-0.4, -0.2) is 11.5 Å². The van der Waals surface area contributed by atoms with Crippen molar-refractivity contribution >= 4 is 38.9 Å². The Labute approximate surface area is 131 Å². The summed E-state index contributed by atoms with van der Waals surface area (Å²) in [5, 5.41) is 7.48. The Bertz CT molecular complexity index is 496. The highest BCUT2D eigenvalue weighted by atomic mass is 79.9. The molecule has 0 saturated carbocycles. The molecule has 1 unspecified atom stereocenters. The lowest BCUT2D eigenvalue weighted by Gasteiger charge is -2.18. The van der Waals surface area contributed by atoms with E-state index in [1.54, 1.807) is 11.3 Å². The zero-order valence-corrected chi connectivity index (χ0v) is 13.9. The van der Waals surface area contributed by atoms with Crippen LogP contribution in [-0.2, 0) is 6.42 Å². The summed E-state index contributed by atoms with van der Waals surface area (Å²) in [6.45, 7) is 3.15. The number of aromatic nitrogens is 1. The van der Waals surface area contributed by atoms with Crippen molar-refractivity contribution in [3.8, 4) is 0 Å². The third-order valence-corrected chi connectivity index (χ3v) is 4.27. The van der Waals surface area contributed by atoms with Crippen LogP contribution in [0, 0.1) is 0 Å². The second kappa shape index (κ2) is 7.39. The van der Waals surface area contributed by atoms with Crippen molar-refractivity contribution in [2.24, 2.45) is 0 Å². The molecule has 5 heteroatoms. The molecule has 2 rings (SSSR count). The highest BCUT2D eigenvalue weighted by Crippen LogP contribution is 2.26. The molecule has 2 aromatic rings. The van der Waals surface area contributed by atoms with Gasteiger partial charge in [0.25, 0.3) is 0 Å². The van der Waals surface area contributed by atoms with E-state index in [2.05, 4.69) is 39.2 Å². The number of benzene rings is 1. The van der Waals surface area contributed by atoms with Gasteiger partial charge in [0.1, 0.15) is 0 Å². The third kappa shape index (κ3) is 4.56. The summed E-state index contributed by atoms with van der Waals surface area (Å²) in [5.74, 6) is 0. The summed E-state index contributed by atoms with van der Waals surface area (Å²) in [7, 11) is 0. The van der Waals surface area contributed by atoms with Crippen molar-refractivity contribution in [1.29, 1.82) is 0 Å². The molecule has 0 fully saturated rings. The Morgan fingerprint density at radius 3 is 2.89 bits per heavy atom. The second-order valence-electron chi connectivity index (χ2n) is 4.34. The van der Waals surface area contributed by atoms with E-state index in [4.69, 9.17) is 11.6 Å². The molecule has 2 nitrogen and oxygen atoms in total. The van der Waals surface area contributed by atoms with E-state index < -0.39 is 0 Å². The average molecular weight is 360 g/mol. The van der Waals surface area contributed by atoms with Gasteiger partial charge in [0, 0.05) is 33.5 Å². The number of nitrogens with one attached hydrogen (secondary N) is 1. The van der Waals surface area contributed by atoms with Crippen LogP contribution < -0.4 is 5.32 Å². The van der Waals surface area contributed by atoms with Gasteiger partial charge in [0.05, 0.1) is 5.01 Å². The van der Waals surface area contributed by atoms with Gasteiger partial charge in [0.2, 0.25) is 0 Å². The summed E-state index contributed by atoms with van der Waals surface area (Å²) in [6.07, 6.45) is 3.85. The lowest BCUT2D eigenvalue weighted by atomic mass is 10.0. The SMILES string of the molecule is CCCNC(Cc1nccs1)c1cc(Cl)cc(Br)c1. The quantitative estimate of drug-likeness (QED) is 0.798. The van der Waals surface area contributed by atoms with E-state index in [0.717, 1.165) is 33.9 Å². The largest absolute Gasteiger partial charge is 0.310 e. The standard InChI is InChI=1S/C14H16BrClN2S/c1-2-3-17-13(9-14-18-4-5-19-14)10-6-11(15)8-12(16)7-10/h4-8,13,17H,2-3,9H2,1H3. The van der Waals surface area contributed by atoms with Gasteiger partial charge in [-0.05, 0) is 36.7 Å². The Kier molecular flexibility index (Phi) is 5.82. The summed E-state index contributed by atoms with van der Waals surface area (Å²) < 4.78 is 1.01.